The molecule has 0 saturated carbocycles. The average Bonchev–Trinajstić information content (AvgIpc) is 2.87. The van der Waals surface area contributed by atoms with Gasteiger partial charge in [-0.15, -0.1) is 0 Å². The van der Waals surface area contributed by atoms with E-state index in [0.29, 0.717) is 39.0 Å². The molecule has 2 aliphatic heterocycles. The molecule has 10 heteroatoms. The Morgan fingerprint density at radius 1 is 1.23 bits per heavy atom. The van der Waals surface area contributed by atoms with Crippen LogP contribution in [0.2, 0.25) is 0 Å². The van der Waals surface area contributed by atoms with Gasteiger partial charge in [0.2, 0.25) is 5.91 Å². The second-order valence-corrected chi connectivity index (χ2v) is 8.91. The normalized spacial score (nSPS) is 19.5. The lowest BCUT2D eigenvalue weighted by molar-refractivity contribution is -0.139. The van der Waals surface area contributed by atoms with Crippen molar-refractivity contribution in [1.29, 1.82) is 0 Å². The molecule has 7 nitrogen and oxygen atoms in total. The second kappa shape index (κ2) is 8.44. The molecule has 0 radical (unpaired) electrons. The Balaban J connectivity index is 1.75. The maximum atomic E-state index is 12.5. The predicted molar refractivity (Wildman–Crippen MR) is 114 cm³/mol. The van der Waals surface area contributed by atoms with Crippen LogP contribution in [0.3, 0.4) is 0 Å². The molecule has 2 aliphatic rings. The molecule has 0 unspecified atom stereocenters. The zero-order chi connectivity index (χ0) is 18.8. The molecule has 3 rings (SSSR count). The molecule has 1 aromatic rings. The minimum absolute atomic E-state index is 0.188. The van der Waals surface area contributed by atoms with Gasteiger partial charge >= 0.3 is 0 Å². The fourth-order valence-corrected chi connectivity index (χ4v) is 5.16. The Morgan fingerprint density at radius 2 is 1.85 bits per heavy atom. The lowest BCUT2D eigenvalue weighted by Gasteiger charge is -2.28. The fourth-order valence-electron chi connectivity index (χ4n) is 2.50. The molecule has 0 bridgehead atoms. The number of morpholine rings is 1. The Labute approximate surface area is 181 Å². The van der Waals surface area contributed by atoms with Crippen molar-refractivity contribution < 1.29 is 24.2 Å². The molecule has 26 heavy (non-hydrogen) atoms. The van der Waals surface area contributed by atoms with E-state index < -0.39 is 11.1 Å². The van der Waals surface area contributed by atoms with Crippen LogP contribution in [-0.4, -0.2) is 64.8 Å². The Morgan fingerprint density at radius 3 is 2.46 bits per heavy atom. The first kappa shape index (κ1) is 19.9. The number of phenols is 1. The lowest BCUT2D eigenvalue weighted by Crippen LogP contribution is -2.46. The summed E-state index contributed by atoms with van der Waals surface area (Å²) in [6.45, 7) is 1.61. The first-order valence-corrected chi connectivity index (χ1v) is 10.6. The molecule has 138 valence electrons. The van der Waals surface area contributed by atoms with Gasteiger partial charge in [-0.3, -0.25) is 19.3 Å². The number of nitrogens with zero attached hydrogens (tertiary/aromatic N) is 2. The standard InChI is InChI=1S/C16H14I2N2O5S/c17-10-5-9(6-11(18)14(10)22)7-12-15(23)20(16(24)26-12)8-13(21)19-1-3-25-4-2-19/h5-7,22H,1-4,8H2/b12-7-. The van der Waals surface area contributed by atoms with Gasteiger partial charge in [-0.1, -0.05) is 0 Å². The van der Waals surface area contributed by atoms with E-state index in [2.05, 4.69) is 0 Å². The number of carbonyl (C=O) groups excluding carboxylic acids is 3. The third kappa shape index (κ3) is 4.34. The van der Waals surface area contributed by atoms with Gasteiger partial charge in [-0.05, 0) is 80.7 Å². The molecule has 0 aromatic heterocycles. The fraction of sp³-hybridized carbons (Fsp3) is 0.312. The minimum Gasteiger partial charge on any atom is -0.506 e. The van der Waals surface area contributed by atoms with Crippen molar-refractivity contribution in [2.45, 2.75) is 0 Å². The number of hydrogen-bond donors (Lipinski definition) is 1. The van der Waals surface area contributed by atoms with E-state index >= 15 is 0 Å². The van der Waals surface area contributed by atoms with Gasteiger partial charge in [-0.25, -0.2) is 0 Å². The predicted octanol–water partition coefficient (Wildman–Crippen LogP) is 2.50. The van der Waals surface area contributed by atoms with Crippen LogP contribution in [0.15, 0.2) is 17.0 Å². The van der Waals surface area contributed by atoms with Gasteiger partial charge in [-0.2, -0.15) is 0 Å². The molecule has 2 fully saturated rings. The van der Waals surface area contributed by atoms with E-state index in [1.54, 1.807) is 23.1 Å². The number of amides is 3. The Hall–Kier alpha value is -0.860. The molecular weight excluding hydrogens is 586 g/mol. The molecule has 0 atom stereocenters. The van der Waals surface area contributed by atoms with Crippen molar-refractivity contribution in [3.63, 3.8) is 0 Å². The molecule has 0 spiro atoms. The van der Waals surface area contributed by atoms with Crippen LogP contribution < -0.4 is 0 Å². The first-order chi connectivity index (χ1) is 12.4. The maximum Gasteiger partial charge on any atom is 0.294 e. The molecule has 3 amide bonds. The number of benzene rings is 1. The molecule has 0 aliphatic carbocycles. The van der Waals surface area contributed by atoms with E-state index in [-0.39, 0.29) is 23.1 Å². The third-order valence-corrected chi connectivity index (χ3v) is 6.42. The number of ether oxygens (including phenoxy) is 1. The van der Waals surface area contributed by atoms with Crippen molar-refractivity contribution in [2.75, 3.05) is 32.8 Å². The van der Waals surface area contributed by atoms with Crippen LogP contribution >= 0.6 is 56.9 Å². The van der Waals surface area contributed by atoms with Crippen molar-refractivity contribution in [3.05, 3.63) is 29.7 Å². The molecule has 2 saturated heterocycles. The summed E-state index contributed by atoms with van der Waals surface area (Å²) < 4.78 is 6.51. The van der Waals surface area contributed by atoms with E-state index in [4.69, 9.17) is 4.74 Å². The van der Waals surface area contributed by atoms with Crippen LogP contribution in [-0.2, 0) is 14.3 Å². The highest BCUT2D eigenvalue weighted by molar-refractivity contribution is 14.1. The molecule has 2 heterocycles. The number of thioether (sulfide) groups is 1. The summed E-state index contributed by atoms with van der Waals surface area (Å²) in [6, 6.07) is 3.45. The van der Waals surface area contributed by atoms with E-state index in [1.807, 2.05) is 45.2 Å². The van der Waals surface area contributed by atoms with Crippen molar-refractivity contribution in [3.8, 4) is 5.75 Å². The van der Waals surface area contributed by atoms with Crippen molar-refractivity contribution in [1.82, 2.24) is 9.80 Å². The number of hydrogen-bond acceptors (Lipinski definition) is 6. The van der Waals surface area contributed by atoms with Gasteiger partial charge in [0.15, 0.2) is 0 Å². The number of aromatic hydroxyl groups is 1. The number of carbonyl (C=O) groups is 3. The van der Waals surface area contributed by atoms with Gasteiger partial charge in [0.1, 0.15) is 12.3 Å². The minimum atomic E-state index is -0.472. The van der Waals surface area contributed by atoms with E-state index in [0.717, 1.165) is 16.7 Å². The van der Waals surface area contributed by atoms with E-state index in [9.17, 15) is 19.5 Å². The number of imide groups is 1. The van der Waals surface area contributed by atoms with Gasteiger partial charge in [0.25, 0.3) is 11.1 Å². The van der Waals surface area contributed by atoms with Crippen LogP contribution in [0, 0.1) is 7.14 Å². The SMILES string of the molecule is O=C(CN1C(=O)S/C(=C\c2cc(I)c(O)c(I)c2)C1=O)N1CCOCC1. The summed E-state index contributed by atoms with van der Waals surface area (Å²) in [4.78, 5) is 39.9. The summed E-state index contributed by atoms with van der Waals surface area (Å²) in [5.41, 5.74) is 0.710. The van der Waals surface area contributed by atoms with Crippen molar-refractivity contribution >= 4 is 80.1 Å². The monoisotopic (exact) mass is 600 g/mol. The Bertz CT molecular complexity index is 785. The summed E-state index contributed by atoms with van der Waals surface area (Å²) >= 11 is 4.82. The maximum absolute atomic E-state index is 12.5. The van der Waals surface area contributed by atoms with Gasteiger partial charge in [0, 0.05) is 13.1 Å². The van der Waals surface area contributed by atoms with Gasteiger partial charge in [0.05, 0.1) is 25.3 Å². The number of rotatable bonds is 3. The van der Waals surface area contributed by atoms with Gasteiger partial charge < -0.3 is 14.7 Å². The average molecular weight is 600 g/mol. The van der Waals surface area contributed by atoms with Crippen LogP contribution in [0.5, 0.6) is 5.75 Å². The van der Waals surface area contributed by atoms with Crippen molar-refractivity contribution in [2.24, 2.45) is 0 Å². The number of halogens is 2. The first-order valence-electron chi connectivity index (χ1n) is 7.65. The summed E-state index contributed by atoms with van der Waals surface area (Å²) in [6.07, 6.45) is 1.61. The highest BCUT2D eigenvalue weighted by atomic mass is 127. The zero-order valence-corrected chi connectivity index (χ0v) is 18.5. The Kier molecular flexibility index (Phi) is 6.45. The largest absolute Gasteiger partial charge is 0.506 e. The van der Waals surface area contributed by atoms with Crippen LogP contribution in [0.25, 0.3) is 6.08 Å². The van der Waals surface area contributed by atoms with E-state index in [1.165, 1.54) is 0 Å². The van der Waals surface area contributed by atoms with Crippen LogP contribution in [0.4, 0.5) is 4.79 Å². The molecule has 1 aromatic carbocycles. The summed E-state index contributed by atoms with van der Waals surface area (Å²) in [5, 5.41) is 9.38. The number of phenolic OH excluding ortho intramolecular Hbond substituents is 1. The smallest absolute Gasteiger partial charge is 0.294 e. The zero-order valence-electron chi connectivity index (χ0n) is 13.4. The summed E-state index contributed by atoms with van der Waals surface area (Å²) in [5.74, 6) is -0.544. The highest BCUT2D eigenvalue weighted by Crippen LogP contribution is 2.34. The quantitative estimate of drug-likeness (QED) is 0.424. The topological polar surface area (TPSA) is 87.2 Å². The second-order valence-electron chi connectivity index (χ2n) is 5.59. The summed E-state index contributed by atoms with van der Waals surface area (Å²) in [7, 11) is 0. The molecule has 1 N–H and O–H groups in total. The highest BCUT2D eigenvalue weighted by Gasteiger charge is 2.37. The van der Waals surface area contributed by atoms with Crippen LogP contribution in [0.1, 0.15) is 5.56 Å². The lowest BCUT2D eigenvalue weighted by atomic mass is 10.2. The molecular formula is C16H14I2N2O5S. The third-order valence-electron chi connectivity index (χ3n) is 3.87.